The van der Waals surface area contributed by atoms with Crippen molar-refractivity contribution in [1.29, 1.82) is 0 Å². The number of fused-ring (bicyclic) bond motifs is 2. The van der Waals surface area contributed by atoms with E-state index in [1.807, 2.05) is 12.1 Å². The molecule has 0 saturated heterocycles. The SMILES string of the molecule is C=C1c2cc3c(cc2[C@@H](c2c(OC)cc(OC)cc2OC)[C@@H]1C(=O)OC)OCO3. The van der Waals surface area contributed by atoms with E-state index >= 15 is 0 Å². The lowest BCUT2D eigenvalue weighted by molar-refractivity contribution is -0.143. The number of carbonyl (C=O) groups excluding carboxylic acids is 1. The largest absolute Gasteiger partial charge is 0.496 e. The first-order valence-electron chi connectivity index (χ1n) is 9.04. The molecule has 4 rings (SSSR count). The van der Waals surface area contributed by atoms with Crippen molar-refractivity contribution in [3.8, 4) is 28.7 Å². The highest BCUT2D eigenvalue weighted by molar-refractivity contribution is 5.95. The van der Waals surface area contributed by atoms with E-state index in [0.29, 0.717) is 39.9 Å². The lowest BCUT2D eigenvalue weighted by Crippen LogP contribution is -2.21. The van der Waals surface area contributed by atoms with Crippen LogP contribution in [0.3, 0.4) is 0 Å². The molecule has 0 bridgehead atoms. The van der Waals surface area contributed by atoms with Crippen molar-refractivity contribution >= 4 is 11.5 Å². The Hall–Kier alpha value is -3.35. The molecule has 29 heavy (non-hydrogen) atoms. The summed E-state index contributed by atoms with van der Waals surface area (Å²) < 4.78 is 32.8. The number of ether oxygens (including phenoxy) is 6. The molecule has 0 amide bonds. The van der Waals surface area contributed by atoms with Gasteiger partial charge in [-0.15, -0.1) is 0 Å². The van der Waals surface area contributed by atoms with Crippen LogP contribution in [-0.2, 0) is 9.53 Å². The molecule has 0 spiro atoms. The number of esters is 1. The predicted octanol–water partition coefficient (Wildman–Crippen LogP) is 3.39. The fourth-order valence-electron chi connectivity index (χ4n) is 4.11. The summed E-state index contributed by atoms with van der Waals surface area (Å²) in [5.41, 5.74) is 3.06. The van der Waals surface area contributed by atoms with Gasteiger partial charge in [-0.2, -0.15) is 0 Å². The van der Waals surface area contributed by atoms with Crippen molar-refractivity contribution < 1.29 is 33.2 Å². The molecule has 0 aromatic heterocycles. The predicted molar refractivity (Wildman–Crippen MR) is 105 cm³/mol. The molecule has 2 aromatic rings. The number of carbonyl (C=O) groups is 1. The van der Waals surface area contributed by atoms with Gasteiger partial charge in [-0.05, 0) is 28.8 Å². The summed E-state index contributed by atoms with van der Waals surface area (Å²) in [4.78, 5) is 12.8. The second kappa shape index (κ2) is 7.24. The topological polar surface area (TPSA) is 72.5 Å². The fraction of sp³-hybridized carbons (Fsp3) is 0.318. The van der Waals surface area contributed by atoms with Gasteiger partial charge in [0, 0.05) is 23.6 Å². The van der Waals surface area contributed by atoms with Crippen LogP contribution in [0, 0.1) is 5.92 Å². The van der Waals surface area contributed by atoms with E-state index in [2.05, 4.69) is 6.58 Å². The maximum atomic E-state index is 12.8. The van der Waals surface area contributed by atoms with E-state index in [1.165, 1.54) is 7.11 Å². The summed E-state index contributed by atoms with van der Waals surface area (Å²) in [5, 5.41) is 0. The lowest BCUT2D eigenvalue weighted by Gasteiger charge is -2.24. The van der Waals surface area contributed by atoms with Gasteiger partial charge < -0.3 is 28.4 Å². The Bertz CT molecular complexity index is 970. The van der Waals surface area contributed by atoms with Gasteiger partial charge in [0.25, 0.3) is 0 Å². The van der Waals surface area contributed by atoms with Crippen LogP contribution >= 0.6 is 0 Å². The average molecular weight is 398 g/mol. The van der Waals surface area contributed by atoms with Gasteiger partial charge in [-0.3, -0.25) is 4.79 Å². The van der Waals surface area contributed by atoms with Crippen molar-refractivity contribution in [2.45, 2.75) is 5.92 Å². The normalized spacial score (nSPS) is 19.0. The molecule has 0 radical (unpaired) electrons. The molecule has 152 valence electrons. The maximum absolute atomic E-state index is 12.8. The summed E-state index contributed by atoms with van der Waals surface area (Å²) >= 11 is 0. The highest BCUT2D eigenvalue weighted by Crippen LogP contribution is 2.56. The van der Waals surface area contributed by atoms with Crippen molar-refractivity contribution in [1.82, 2.24) is 0 Å². The first-order valence-corrected chi connectivity index (χ1v) is 9.04. The molecule has 1 heterocycles. The Morgan fingerprint density at radius 2 is 1.59 bits per heavy atom. The maximum Gasteiger partial charge on any atom is 0.314 e. The molecule has 1 aliphatic heterocycles. The summed E-state index contributed by atoms with van der Waals surface area (Å²) in [5.74, 6) is 1.44. The molecule has 0 N–H and O–H groups in total. The van der Waals surface area contributed by atoms with Gasteiger partial charge in [0.05, 0.1) is 34.4 Å². The monoisotopic (exact) mass is 398 g/mol. The van der Waals surface area contributed by atoms with Crippen molar-refractivity contribution in [2.75, 3.05) is 35.2 Å². The smallest absolute Gasteiger partial charge is 0.314 e. The van der Waals surface area contributed by atoms with Gasteiger partial charge in [-0.1, -0.05) is 6.58 Å². The first-order chi connectivity index (χ1) is 14.0. The summed E-state index contributed by atoms with van der Waals surface area (Å²) in [6, 6.07) is 7.28. The zero-order valence-corrected chi connectivity index (χ0v) is 16.7. The van der Waals surface area contributed by atoms with E-state index in [1.54, 1.807) is 33.5 Å². The molecule has 2 aromatic carbocycles. The highest BCUT2D eigenvalue weighted by Gasteiger charge is 2.45. The average Bonchev–Trinajstić information content (AvgIpc) is 3.32. The molecule has 7 nitrogen and oxygen atoms in total. The van der Waals surface area contributed by atoms with Crippen LogP contribution in [0.5, 0.6) is 28.7 Å². The minimum atomic E-state index is -0.645. The number of hydrogen-bond acceptors (Lipinski definition) is 7. The zero-order chi connectivity index (χ0) is 20.7. The third kappa shape index (κ3) is 2.85. The van der Waals surface area contributed by atoms with E-state index in [9.17, 15) is 4.79 Å². The van der Waals surface area contributed by atoms with Crippen LogP contribution in [0.2, 0.25) is 0 Å². The standard InChI is InChI=1S/C22H22O7/c1-11-13-8-15-16(29-10-28-15)9-14(13)20(19(11)22(23)27-5)21-17(25-3)6-12(24-2)7-18(21)26-4/h6-9,19-20H,1,10H2,2-5H3/t19-,20-/m1/s1. The first kappa shape index (κ1) is 19.0. The highest BCUT2D eigenvalue weighted by atomic mass is 16.7. The van der Waals surface area contributed by atoms with E-state index in [-0.39, 0.29) is 6.79 Å². The van der Waals surface area contributed by atoms with Crippen LogP contribution in [0.25, 0.3) is 5.57 Å². The van der Waals surface area contributed by atoms with Crippen molar-refractivity contribution in [3.05, 3.63) is 47.5 Å². The molecule has 0 saturated carbocycles. The van der Waals surface area contributed by atoms with Gasteiger partial charge in [-0.25, -0.2) is 0 Å². The van der Waals surface area contributed by atoms with Gasteiger partial charge >= 0.3 is 5.97 Å². The van der Waals surface area contributed by atoms with E-state index < -0.39 is 17.8 Å². The van der Waals surface area contributed by atoms with E-state index in [4.69, 9.17) is 28.4 Å². The Labute approximate surface area is 168 Å². The van der Waals surface area contributed by atoms with Crippen LogP contribution in [0.15, 0.2) is 30.8 Å². The Morgan fingerprint density at radius 1 is 0.966 bits per heavy atom. The Morgan fingerprint density at radius 3 is 2.14 bits per heavy atom. The van der Waals surface area contributed by atoms with Crippen LogP contribution < -0.4 is 23.7 Å². The van der Waals surface area contributed by atoms with Gasteiger partial charge in [0.2, 0.25) is 6.79 Å². The van der Waals surface area contributed by atoms with Crippen molar-refractivity contribution in [2.24, 2.45) is 5.92 Å². The fourth-order valence-corrected chi connectivity index (χ4v) is 4.11. The molecule has 2 atom stereocenters. The number of hydrogen-bond donors (Lipinski definition) is 0. The zero-order valence-electron chi connectivity index (χ0n) is 16.7. The number of rotatable bonds is 5. The van der Waals surface area contributed by atoms with Crippen LogP contribution in [-0.4, -0.2) is 41.2 Å². The summed E-state index contributed by atoms with van der Waals surface area (Å²) in [6.07, 6.45) is 0. The second-order valence-electron chi connectivity index (χ2n) is 6.74. The van der Waals surface area contributed by atoms with Gasteiger partial charge in [0.1, 0.15) is 17.2 Å². The van der Waals surface area contributed by atoms with E-state index in [0.717, 1.165) is 11.1 Å². The lowest BCUT2D eigenvalue weighted by atomic mass is 9.83. The minimum absolute atomic E-state index is 0.158. The third-order valence-corrected chi connectivity index (χ3v) is 5.45. The Kier molecular flexibility index (Phi) is 4.74. The quantitative estimate of drug-likeness (QED) is 0.715. The molecular formula is C22H22O7. The molecule has 7 heteroatoms. The van der Waals surface area contributed by atoms with Crippen molar-refractivity contribution in [3.63, 3.8) is 0 Å². The number of methoxy groups -OCH3 is 4. The number of benzene rings is 2. The Balaban J connectivity index is 1.99. The van der Waals surface area contributed by atoms with Gasteiger partial charge in [0.15, 0.2) is 11.5 Å². The molecular weight excluding hydrogens is 376 g/mol. The van der Waals surface area contributed by atoms with Crippen LogP contribution in [0.4, 0.5) is 0 Å². The third-order valence-electron chi connectivity index (χ3n) is 5.45. The van der Waals surface area contributed by atoms with Crippen LogP contribution in [0.1, 0.15) is 22.6 Å². The molecule has 1 aliphatic carbocycles. The summed E-state index contributed by atoms with van der Waals surface area (Å²) in [7, 11) is 6.06. The summed E-state index contributed by atoms with van der Waals surface area (Å²) in [6.45, 7) is 4.35. The minimum Gasteiger partial charge on any atom is -0.496 e. The molecule has 0 fully saturated rings. The molecule has 2 aliphatic rings. The molecule has 0 unspecified atom stereocenters. The second-order valence-corrected chi connectivity index (χ2v) is 6.74.